The molecule has 0 atom stereocenters. The number of carbonyl (C=O) groups is 1. The van der Waals surface area contributed by atoms with Crippen LogP contribution in [0.5, 0.6) is 17.2 Å². The SMILES string of the molecule is COc1ccccc1OCCOc1cccc(C=C2SC(=N)NC2=O)c1. The summed E-state index contributed by atoms with van der Waals surface area (Å²) in [6.07, 6.45) is 1.74. The summed E-state index contributed by atoms with van der Waals surface area (Å²) in [6.45, 7) is 0.749. The van der Waals surface area contributed by atoms with Crippen LogP contribution in [0.3, 0.4) is 0 Å². The van der Waals surface area contributed by atoms with Gasteiger partial charge < -0.3 is 19.5 Å². The van der Waals surface area contributed by atoms with E-state index < -0.39 is 0 Å². The Labute approximate surface area is 155 Å². The monoisotopic (exact) mass is 370 g/mol. The van der Waals surface area contributed by atoms with E-state index in [1.807, 2.05) is 48.5 Å². The minimum Gasteiger partial charge on any atom is -0.493 e. The van der Waals surface area contributed by atoms with Gasteiger partial charge in [0.1, 0.15) is 19.0 Å². The predicted octanol–water partition coefficient (Wildman–Crippen LogP) is 3.29. The highest BCUT2D eigenvalue weighted by molar-refractivity contribution is 8.18. The fourth-order valence-electron chi connectivity index (χ4n) is 2.34. The maximum Gasteiger partial charge on any atom is 0.264 e. The number of para-hydroxylation sites is 2. The van der Waals surface area contributed by atoms with Crippen molar-refractivity contribution in [2.75, 3.05) is 20.3 Å². The summed E-state index contributed by atoms with van der Waals surface area (Å²) in [7, 11) is 1.60. The number of ether oxygens (including phenoxy) is 3. The van der Waals surface area contributed by atoms with Crippen LogP contribution in [0.2, 0.25) is 0 Å². The molecular weight excluding hydrogens is 352 g/mol. The van der Waals surface area contributed by atoms with E-state index in [0.717, 1.165) is 17.3 Å². The molecular formula is C19H18N2O4S. The zero-order chi connectivity index (χ0) is 18.4. The molecule has 0 spiro atoms. The Hall–Kier alpha value is -2.93. The van der Waals surface area contributed by atoms with Gasteiger partial charge >= 0.3 is 0 Å². The number of carbonyl (C=O) groups excluding carboxylic acids is 1. The first-order valence-corrected chi connectivity index (χ1v) is 8.75. The number of methoxy groups -OCH3 is 1. The molecule has 0 radical (unpaired) electrons. The molecule has 0 aromatic heterocycles. The van der Waals surface area contributed by atoms with Crippen LogP contribution in [-0.2, 0) is 4.79 Å². The first-order chi connectivity index (χ1) is 12.7. The van der Waals surface area contributed by atoms with Gasteiger partial charge in [0.15, 0.2) is 16.7 Å². The van der Waals surface area contributed by atoms with Crippen molar-refractivity contribution >= 4 is 28.9 Å². The molecule has 7 heteroatoms. The van der Waals surface area contributed by atoms with Crippen molar-refractivity contribution in [1.82, 2.24) is 5.32 Å². The molecule has 2 aromatic rings. The molecule has 1 amide bonds. The second kappa shape index (κ2) is 8.44. The maximum absolute atomic E-state index is 11.7. The summed E-state index contributed by atoms with van der Waals surface area (Å²) in [5, 5.41) is 10.1. The van der Waals surface area contributed by atoms with Gasteiger partial charge in [-0.2, -0.15) is 0 Å². The Balaban J connectivity index is 1.55. The van der Waals surface area contributed by atoms with Gasteiger partial charge in [0.2, 0.25) is 0 Å². The Morgan fingerprint density at radius 2 is 1.85 bits per heavy atom. The van der Waals surface area contributed by atoms with Crippen LogP contribution >= 0.6 is 11.8 Å². The standard InChI is InChI=1S/C19H18N2O4S/c1-23-15-7-2-3-8-16(15)25-10-9-24-14-6-4-5-13(11-14)12-17-18(22)21-19(20)26-17/h2-8,11-12H,9-10H2,1H3,(H2,20,21,22). The first-order valence-electron chi connectivity index (χ1n) is 7.94. The third-order valence-electron chi connectivity index (χ3n) is 3.50. The second-order valence-corrected chi connectivity index (χ2v) is 6.37. The summed E-state index contributed by atoms with van der Waals surface area (Å²) in [4.78, 5) is 12.2. The fraction of sp³-hybridized carbons (Fsp3) is 0.158. The van der Waals surface area contributed by atoms with Crippen LogP contribution in [0.25, 0.3) is 6.08 Å². The molecule has 1 saturated heterocycles. The van der Waals surface area contributed by atoms with E-state index in [0.29, 0.717) is 35.4 Å². The van der Waals surface area contributed by atoms with E-state index in [1.54, 1.807) is 13.2 Å². The number of amides is 1. The lowest BCUT2D eigenvalue weighted by Gasteiger charge is -2.11. The molecule has 2 aromatic carbocycles. The Bertz CT molecular complexity index is 851. The van der Waals surface area contributed by atoms with Crippen LogP contribution in [0.1, 0.15) is 5.56 Å². The Morgan fingerprint density at radius 1 is 1.08 bits per heavy atom. The smallest absolute Gasteiger partial charge is 0.264 e. The van der Waals surface area contributed by atoms with E-state index in [-0.39, 0.29) is 11.1 Å². The number of nitrogens with one attached hydrogen (secondary N) is 2. The van der Waals surface area contributed by atoms with Gasteiger partial charge in [-0.3, -0.25) is 10.2 Å². The number of hydrogen-bond donors (Lipinski definition) is 2. The normalized spacial score (nSPS) is 15.0. The molecule has 3 rings (SSSR count). The molecule has 0 unspecified atom stereocenters. The average Bonchev–Trinajstić information content (AvgIpc) is 2.96. The Kier molecular flexibility index (Phi) is 5.80. The van der Waals surface area contributed by atoms with Crippen LogP contribution in [0.15, 0.2) is 53.4 Å². The largest absolute Gasteiger partial charge is 0.493 e. The molecule has 1 fully saturated rings. The van der Waals surface area contributed by atoms with Gasteiger partial charge in [-0.1, -0.05) is 24.3 Å². The molecule has 26 heavy (non-hydrogen) atoms. The summed E-state index contributed by atoms with van der Waals surface area (Å²) >= 11 is 1.11. The van der Waals surface area contributed by atoms with E-state index >= 15 is 0 Å². The number of thioether (sulfide) groups is 1. The topological polar surface area (TPSA) is 80.6 Å². The van der Waals surface area contributed by atoms with Gasteiger partial charge in [0, 0.05) is 0 Å². The van der Waals surface area contributed by atoms with Gasteiger partial charge in [0.05, 0.1) is 12.0 Å². The van der Waals surface area contributed by atoms with Crippen molar-refractivity contribution in [3.8, 4) is 17.2 Å². The molecule has 6 nitrogen and oxygen atoms in total. The van der Waals surface area contributed by atoms with E-state index in [9.17, 15) is 4.79 Å². The molecule has 0 aliphatic carbocycles. The molecule has 0 bridgehead atoms. The van der Waals surface area contributed by atoms with Crippen LogP contribution < -0.4 is 19.5 Å². The van der Waals surface area contributed by atoms with Crippen molar-refractivity contribution in [3.05, 3.63) is 59.0 Å². The van der Waals surface area contributed by atoms with Crippen LogP contribution in [0.4, 0.5) is 0 Å². The van der Waals surface area contributed by atoms with E-state index in [4.69, 9.17) is 19.6 Å². The quantitative estimate of drug-likeness (QED) is 0.577. The van der Waals surface area contributed by atoms with Gasteiger partial charge in [-0.15, -0.1) is 0 Å². The molecule has 0 saturated carbocycles. The van der Waals surface area contributed by atoms with E-state index in [2.05, 4.69) is 5.32 Å². The van der Waals surface area contributed by atoms with E-state index in [1.165, 1.54) is 0 Å². The van der Waals surface area contributed by atoms with Crippen molar-refractivity contribution in [1.29, 1.82) is 5.41 Å². The third kappa shape index (κ3) is 4.58. The minimum atomic E-state index is -0.253. The summed E-state index contributed by atoms with van der Waals surface area (Å²) in [6, 6.07) is 14.9. The van der Waals surface area contributed by atoms with Crippen molar-refractivity contribution < 1.29 is 19.0 Å². The molecule has 1 aliphatic rings. The third-order valence-corrected chi connectivity index (χ3v) is 4.33. The highest BCUT2D eigenvalue weighted by atomic mass is 32.2. The lowest BCUT2D eigenvalue weighted by molar-refractivity contribution is -0.115. The van der Waals surface area contributed by atoms with Gasteiger partial charge in [0.25, 0.3) is 5.91 Å². The van der Waals surface area contributed by atoms with Crippen LogP contribution in [0, 0.1) is 5.41 Å². The maximum atomic E-state index is 11.7. The minimum absolute atomic E-state index is 0.141. The van der Waals surface area contributed by atoms with Crippen molar-refractivity contribution in [2.24, 2.45) is 0 Å². The number of amidine groups is 1. The zero-order valence-corrected chi connectivity index (χ0v) is 15.0. The highest BCUT2D eigenvalue weighted by Crippen LogP contribution is 2.27. The number of rotatable bonds is 7. The molecule has 2 N–H and O–H groups in total. The first kappa shape index (κ1) is 17.9. The van der Waals surface area contributed by atoms with Gasteiger partial charge in [-0.25, -0.2) is 0 Å². The van der Waals surface area contributed by atoms with Crippen molar-refractivity contribution in [2.45, 2.75) is 0 Å². The highest BCUT2D eigenvalue weighted by Gasteiger charge is 2.22. The molecule has 134 valence electrons. The summed E-state index contributed by atoms with van der Waals surface area (Å²) in [5.74, 6) is 1.78. The Morgan fingerprint density at radius 3 is 2.58 bits per heavy atom. The van der Waals surface area contributed by atoms with Crippen LogP contribution in [-0.4, -0.2) is 31.4 Å². The predicted molar refractivity (Wildman–Crippen MR) is 102 cm³/mol. The lowest BCUT2D eigenvalue weighted by Crippen LogP contribution is -2.18. The number of hydrogen-bond acceptors (Lipinski definition) is 6. The summed E-state index contributed by atoms with van der Waals surface area (Å²) < 4.78 is 16.6. The van der Waals surface area contributed by atoms with Crippen molar-refractivity contribution in [3.63, 3.8) is 0 Å². The number of benzene rings is 2. The second-order valence-electron chi connectivity index (χ2n) is 5.31. The fourth-order valence-corrected chi connectivity index (χ4v) is 3.04. The average molecular weight is 370 g/mol. The molecule has 1 heterocycles. The summed E-state index contributed by atoms with van der Waals surface area (Å²) in [5.41, 5.74) is 0.834. The zero-order valence-electron chi connectivity index (χ0n) is 14.2. The van der Waals surface area contributed by atoms with Gasteiger partial charge in [-0.05, 0) is 47.7 Å². The molecule has 1 aliphatic heterocycles. The lowest BCUT2D eigenvalue weighted by atomic mass is 10.2.